The number of aliphatic imine (C=N–C) groups is 1. The van der Waals surface area contributed by atoms with Gasteiger partial charge in [0.05, 0.1) is 12.6 Å². The standard InChI is InChI=1S/C18H35N7O6S/c1-9(2)6-12(24-14(27)10(19)8-32)16(29)23-11(4-3-5-22-18(20)21)15(28)25-13(7-26)17(30)31/h9-13,26,32H,3-8,19H2,1-2H3,(H,23,29)(H,24,27)(H,25,28)(H,30,31)(H4,20,21,22). The summed E-state index contributed by atoms with van der Waals surface area (Å²) in [5.41, 5.74) is 16.2. The minimum atomic E-state index is -1.54. The molecule has 0 heterocycles. The van der Waals surface area contributed by atoms with Crippen molar-refractivity contribution in [2.75, 3.05) is 18.9 Å². The highest BCUT2D eigenvalue weighted by Gasteiger charge is 2.30. The first-order chi connectivity index (χ1) is 14.9. The first-order valence-corrected chi connectivity index (χ1v) is 10.7. The summed E-state index contributed by atoms with van der Waals surface area (Å²) in [7, 11) is 0. The molecule has 0 aliphatic rings. The van der Waals surface area contributed by atoms with Gasteiger partial charge in [-0.25, -0.2) is 4.79 Å². The minimum Gasteiger partial charge on any atom is -0.480 e. The van der Waals surface area contributed by atoms with Crippen LogP contribution >= 0.6 is 12.6 Å². The zero-order chi connectivity index (χ0) is 24.8. The number of carbonyl (C=O) groups is 4. The Morgan fingerprint density at radius 3 is 1.97 bits per heavy atom. The van der Waals surface area contributed by atoms with Gasteiger partial charge in [0.25, 0.3) is 0 Å². The van der Waals surface area contributed by atoms with Crippen molar-refractivity contribution in [3.8, 4) is 0 Å². The highest BCUT2D eigenvalue weighted by atomic mass is 32.1. The molecule has 0 aliphatic carbocycles. The van der Waals surface area contributed by atoms with Gasteiger partial charge in [-0.1, -0.05) is 13.8 Å². The average Bonchev–Trinajstić information content (AvgIpc) is 2.71. The number of nitrogens with two attached hydrogens (primary N) is 3. The lowest BCUT2D eigenvalue weighted by Gasteiger charge is -2.25. The molecule has 184 valence electrons. The first kappa shape index (κ1) is 29.4. The number of thiol groups is 1. The maximum absolute atomic E-state index is 12.9. The Morgan fingerprint density at radius 1 is 0.969 bits per heavy atom. The molecule has 0 spiro atoms. The van der Waals surface area contributed by atoms with Gasteiger partial charge in [0.1, 0.15) is 18.1 Å². The minimum absolute atomic E-state index is 0.0261. The molecule has 32 heavy (non-hydrogen) atoms. The number of guanidine groups is 1. The van der Waals surface area contributed by atoms with Crippen LogP contribution in [0.15, 0.2) is 4.99 Å². The number of hydrogen-bond donors (Lipinski definition) is 9. The van der Waals surface area contributed by atoms with Crippen LogP contribution in [0.1, 0.15) is 33.1 Å². The molecular formula is C18H35N7O6S. The molecule has 4 atom stereocenters. The molecule has 0 aromatic rings. The summed E-state index contributed by atoms with van der Waals surface area (Å²) in [4.78, 5) is 52.5. The van der Waals surface area contributed by atoms with Crippen LogP contribution < -0.4 is 33.2 Å². The van der Waals surface area contributed by atoms with E-state index in [1.807, 2.05) is 13.8 Å². The van der Waals surface area contributed by atoms with Crippen LogP contribution in [0.25, 0.3) is 0 Å². The van der Waals surface area contributed by atoms with Gasteiger partial charge in [-0.2, -0.15) is 12.6 Å². The summed E-state index contributed by atoms with van der Waals surface area (Å²) in [6.45, 7) is 3.04. The highest BCUT2D eigenvalue weighted by molar-refractivity contribution is 7.80. The fourth-order valence-corrected chi connectivity index (χ4v) is 2.73. The summed E-state index contributed by atoms with van der Waals surface area (Å²) in [6.07, 6.45) is 0.636. The van der Waals surface area contributed by atoms with Crippen molar-refractivity contribution in [3.63, 3.8) is 0 Å². The molecule has 0 saturated heterocycles. The van der Waals surface area contributed by atoms with E-state index in [-0.39, 0.29) is 37.0 Å². The van der Waals surface area contributed by atoms with Crippen molar-refractivity contribution in [1.82, 2.24) is 16.0 Å². The molecular weight excluding hydrogens is 442 g/mol. The van der Waals surface area contributed by atoms with Crippen LogP contribution in [0.5, 0.6) is 0 Å². The molecule has 0 aromatic carbocycles. The second kappa shape index (κ2) is 15.3. The molecule has 0 aromatic heterocycles. The number of carboxylic acid groups (broad SMARTS) is 1. The van der Waals surface area contributed by atoms with E-state index in [0.29, 0.717) is 6.42 Å². The van der Waals surface area contributed by atoms with Gasteiger partial charge in [0.15, 0.2) is 5.96 Å². The lowest BCUT2D eigenvalue weighted by Crippen LogP contribution is -2.57. The van der Waals surface area contributed by atoms with Gasteiger partial charge >= 0.3 is 5.97 Å². The van der Waals surface area contributed by atoms with Crippen molar-refractivity contribution in [2.24, 2.45) is 28.1 Å². The van der Waals surface area contributed by atoms with Crippen LogP contribution in [0.2, 0.25) is 0 Å². The number of amides is 3. The summed E-state index contributed by atoms with van der Waals surface area (Å²) < 4.78 is 0. The fourth-order valence-electron chi connectivity index (χ4n) is 2.57. The number of carbonyl (C=O) groups excluding carboxylic acids is 3. The SMILES string of the molecule is CC(C)CC(NC(=O)C(N)CS)C(=O)NC(CCCN=C(N)N)C(=O)NC(CO)C(=O)O. The number of nitrogens with one attached hydrogen (secondary N) is 3. The third kappa shape index (κ3) is 11.7. The van der Waals surface area contributed by atoms with Crippen LogP contribution in [0, 0.1) is 5.92 Å². The normalized spacial score (nSPS) is 14.6. The molecule has 0 radical (unpaired) electrons. The molecule has 13 nitrogen and oxygen atoms in total. The van der Waals surface area contributed by atoms with E-state index in [9.17, 15) is 19.2 Å². The molecule has 0 rings (SSSR count). The van der Waals surface area contributed by atoms with E-state index in [1.165, 1.54) is 0 Å². The van der Waals surface area contributed by atoms with Crippen molar-refractivity contribution >= 4 is 42.3 Å². The van der Waals surface area contributed by atoms with Crippen molar-refractivity contribution in [3.05, 3.63) is 0 Å². The maximum Gasteiger partial charge on any atom is 0.328 e. The van der Waals surface area contributed by atoms with Gasteiger partial charge in [-0.3, -0.25) is 19.4 Å². The smallest absolute Gasteiger partial charge is 0.328 e. The highest BCUT2D eigenvalue weighted by Crippen LogP contribution is 2.08. The first-order valence-electron chi connectivity index (χ1n) is 10.1. The summed E-state index contributed by atoms with van der Waals surface area (Å²) in [5.74, 6) is -3.49. The second-order valence-corrected chi connectivity index (χ2v) is 7.94. The number of rotatable bonds is 15. The van der Waals surface area contributed by atoms with Gasteiger partial charge < -0.3 is 43.4 Å². The Labute approximate surface area is 192 Å². The predicted molar refractivity (Wildman–Crippen MR) is 122 cm³/mol. The Hall–Kier alpha value is -2.58. The Balaban J connectivity index is 5.47. The molecule has 11 N–H and O–H groups in total. The third-order valence-corrected chi connectivity index (χ3v) is 4.64. The Morgan fingerprint density at radius 2 is 1.50 bits per heavy atom. The number of nitrogens with zero attached hydrogens (tertiary/aromatic N) is 1. The maximum atomic E-state index is 12.9. The fraction of sp³-hybridized carbons (Fsp3) is 0.722. The van der Waals surface area contributed by atoms with Crippen molar-refractivity contribution < 1.29 is 29.4 Å². The zero-order valence-electron chi connectivity index (χ0n) is 18.3. The summed E-state index contributed by atoms with van der Waals surface area (Å²) in [6, 6.07) is -4.59. The molecule has 14 heteroatoms. The predicted octanol–water partition coefficient (Wildman–Crippen LogP) is -3.13. The quantitative estimate of drug-likeness (QED) is 0.0501. The van der Waals surface area contributed by atoms with E-state index < -0.39 is 54.5 Å². The van der Waals surface area contributed by atoms with Gasteiger partial charge in [-0.05, 0) is 25.2 Å². The number of hydrogen-bond acceptors (Lipinski definition) is 8. The Bertz CT molecular complexity index is 672. The average molecular weight is 478 g/mol. The number of aliphatic hydroxyl groups excluding tert-OH is 1. The van der Waals surface area contributed by atoms with Gasteiger partial charge in [0, 0.05) is 12.3 Å². The van der Waals surface area contributed by atoms with E-state index in [4.69, 9.17) is 27.4 Å². The van der Waals surface area contributed by atoms with Gasteiger partial charge in [0.2, 0.25) is 17.7 Å². The van der Waals surface area contributed by atoms with Crippen LogP contribution in [-0.4, -0.2) is 82.9 Å². The molecule has 0 fully saturated rings. The molecule has 0 bridgehead atoms. The van der Waals surface area contributed by atoms with E-state index in [1.54, 1.807) is 0 Å². The van der Waals surface area contributed by atoms with Gasteiger partial charge in [-0.15, -0.1) is 0 Å². The lowest BCUT2D eigenvalue weighted by molar-refractivity contribution is -0.143. The lowest BCUT2D eigenvalue weighted by atomic mass is 10.0. The van der Waals surface area contributed by atoms with Crippen LogP contribution in [0.3, 0.4) is 0 Å². The second-order valence-electron chi connectivity index (χ2n) is 7.57. The van der Waals surface area contributed by atoms with Crippen molar-refractivity contribution in [2.45, 2.75) is 57.3 Å². The third-order valence-electron chi connectivity index (χ3n) is 4.25. The monoisotopic (exact) mass is 477 g/mol. The molecule has 3 amide bonds. The summed E-state index contributed by atoms with van der Waals surface area (Å²) >= 11 is 3.96. The summed E-state index contributed by atoms with van der Waals surface area (Å²) in [5, 5.41) is 25.4. The van der Waals surface area contributed by atoms with Crippen molar-refractivity contribution in [1.29, 1.82) is 0 Å². The largest absolute Gasteiger partial charge is 0.480 e. The number of aliphatic hydroxyl groups is 1. The molecule has 0 aliphatic heterocycles. The topological polar surface area (TPSA) is 235 Å². The van der Waals surface area contributed by atoms with E-state index in [0.717, 1.165) is 0 Å². The number of aliphatic carboxylic acids is 1. The Kier molecular flexibility index (Phi) is 14.0. The molecule has 4 unspecified atom stereocenters. The van der Waals surface area contributed by atoms with E-state index in [2.05, 4.69) is 33.6 Å². The van der Waals surface area contributed by atoms with Crippen LogP contribution in [0.4, 0.5) is 0 Å². The number of carboxylic acids is 1. The van der Waals surface area contributed by atoms with E-state index >= 15 is 0 Å². The zero-order valence-corrected chi connectivity index (χ0v) is 19.2. The molecule has 0 saturated carbocycles. The van der Waals surface area contributed by atoms with Crippen LogP contribution in [-0.2, 0) is 19.2 Å².